The molecule has 1 atom stereocenters. The van der Waals surface area contributed by atoms with Crippen molar-refractivity contribution in [1.29, 1.82) is 0 Å². The fraction of sp³-hybridized carbons (Fsp3) is 0.217. The summed E-state index contributed by atoms with van der Waals surface area (Å²) in [6, 6.07) is 12.1. The molecule has 164 valence electrons. The molecule has 7 nitrogen and oxygen atoms in total. The Bertz CT molecular complexity index is 1120. The van der Waals surface area contributed by atoms with Crippen molar-refractivity contribution in [2.45, 2.75) is 6.42 Å². The van der Waals surface area contributed by atoms with Gasteiger partial charge < -0.3 is 14.7 Å². The highest BCUT2D eigenvalue weighted by Gasteiger charge is 2.47. The molecule has 3 aromatic rings. The summed E-state index contributed by atoms with van der Waals surface area (Å²) in [4.78, 5) is 34.5. The quantitative estimate of drug-likeness (QED) is 0.605. The summed E-state index contributed by atoms with van der Waals surface area (Å²) in [5.74, 6) is -0.802. The Hall–Kier alpha value is -3.52. The number of carboxylic acids is 1. The zero-order valence-electron chi connectivity index (χ0n) is 16.9. The van der Waals surface area contributed by atoms with Crippen LogP contribution in [0.4, 0.5) is 4.39 Å². The molecule has 1 fully saturated rings. The van der Waals surface area contributed by atoms with Gasteiger partial charge in [0.1, 0.15) is 23.6 Å². The molecule has 0 radical (unpaired) electrons. The van der Waals surface area contributed by atoms with E-state index >= 15 is 0 Å². The van der Waals surface area contributed by atoms with Crippen LogP contribution in [0.2, 0.25) is 5.02 Å². The first-order chi connectivity index (χ1) is 15.4. The second-order valence-electron chi connectivity index (χ2n) is 7.61. The van der Waals surface area contributed by atoms with Crippen molar-refractivity contribution in [2.75, 3.05) is 19.7 Å². The van der Waals surface area contributed by atoms with Crippen molar-refractivity contribution < 1.29 is 23.8 Å². The molecule has 0 saturated carbocycles. The second kappa shape index (κ2) is 8.92. The third-order valence-corrected chi connectivity index (χ3v) is 5.63. The maximum atomic E-state index is 13.1. The van der Waals surface area contributed by atoms with Crippen LogP contribution >= 0.6 is 11.6 Å². The lowest BCUT2D eigenvalue weighted by Gasteiger charge is -2.25. The maximum Gasteiger partial charge on any atom is 0.315 e. The Morgan fingerprint density at radius 1 is 1.09 bits per heavy atom. The Balaban J connectivity index is 1.42. The van der Waals surface area contributed by atoms with Crippen LogP contribution in [0, 0.1) is 11.2 Å². The summed E-state index contributed by atoms with van der Waals surface area (Å²) >= 11 is 5.80. The second-order valence-corrected chi connectivity index (χ2v) is 8.04. The first-order valence-corrected chi connectivity index (χ1v) is 10.2. The average molecular weight is 456 g/mol. The monoisotopic (exact) mass is 455 g/mol. The highest BCUT2D eigenvalue weighted by molar-refractivity contribution is 6.30. The lowest BCUT2D eigenvalue weighted by molar-refractivity contribution is -0.149. The lowest BCUT2D eigenvalue weighted by atomic mass is 9.88. The Morgan fingerprint density at radius 3 is 2.38 bits per heavy atom. The number of carbonyl (C=O) groups excluding carboxylic acids is 1. The topological polar surface area (TPSA) is 92.6 Å². The zero-order valence-corrected chi connectivity index (χ0v) is 17.6. The van der Waals surface area contributed by atoms with Crippen LogP contribution in [0.25, 0.3) is 11.4 Å². The number of ether oxygens (including phenoxy) is 1. The zero-order chi connectivity index (χ0) is 22.7. The summed E-state index contributed by atoms with van der Waals surface area (Å²) in [5, 5.41) is 10.3. The van der Waals surface area contributed by atoms with Gasteiger partial charge in [-0.2, -0.15) is 0 Å². The molecule has 2 aromatic carbocycles. The van der Waals surface area contributed by atoms with Crippen molar-refractivity contribution >= 4 is 23.5 Å². The molecule has 1 N–H and O–H groups in total. The average Bonchev–Trinajstić information content (AvgIpc) is 3.25. The van der Waals surface area contributed by atoms with Gasteiger partial charge in [-0.1, -0.05) is 11.6 Å². The van der Waals surface area contributed by atoms with Crippen molar-refractivity contribution in [3.05, 3.63) is 77.3 Å². The molecular weight excluding hydrogens is 437 g/mol. The van der Waals surface area contributed by atoms with Gasteiger partial charge in [0.15, 0.2) is 5.82 Å². The normalized spacial score (nSPS) is 17.9. The van der Waals surface area contributed by atoms with Crippen molar-refractivity contribution in [3.8, 4) is 17.1 Å². The van der Waals surface area contributed by atoms with E-state index in [4.69, 9.17) is 16.3 Å². The number of hydrogen-bond acceptors (Lipinski definition) is 5. The van der Waals surface area contributed by atoms with Crippen LogP contribution in [0.3, 0.4) is 0 Å². The predicted molar refractivity (Wildman–Crippen MR) is 115 cm³/mol. The van der Waals surface area contributed by atoms with Crippen LogP contribution in [0.5, 0.6) is 5.75 Å². The molecule has 1 aliphatic rings. The third kappa shape index (κ3) is 4.55. The van der Waals surface area contributed by atoms with Gasteiger partial charge in [-0.25, -0.2) is 14.4 Å². The van der Waals surface area contributed by atoms with Crippen molar-refractivity contribution in [3.63, 3.8) is 0 Å². The number of rotatable bonds is 6. The molecule has 1 saturated heterocycles. The van der Waals surface area contributed by atoms with Crippen LogP contribution in [0.1, 0.15) is 16.8 Å². The molecule has 0 spiro atoms. The number of benzene rings is 2. The highest BCUT2D eigenvalue weighted by Crippen LogP contribution is 2.33. The van der Waals surface area contributed by atoms with Crippen molar-refractivity contribution in [2.24, 2.45) is 5.41 Å². The molecule has 1 aliphatic heterocycles. The largest absolute Gasteiger partial charge is 0.492 e. The molecule has 9 heteroatoms. The minimum absolute atomic E-state index is 0.00917. The van der Waals surface area contributed by atoms with E-state index < -0.39 is 17.2 Å². The van der Waals surface area contributed by atoms with E-state index in [9.17, 15) is 19.1 Å². The predicted octanol–water partition coefficient (Wildman–Crippen LogP) is 3.93. The third-order valence-electron chi connectivity index (χ3n) is 5.43. The lowest BCUT2D eigenvalue weighted by Crippen LogP contribution is -2.41. The van der Waals surface area contributed by atoms with E-state index in [-0.39, 0.29) is 32.0 Å². The van der Waals surface area contributed by atoms with Crippen LogP contribution in [0.15, 0.2) is 60.9 Å². The Morgan fingerprint density at radius 2 is 1.75 bits per heavy atom. The molecule has 32 heavy (non-hydrogen) atoms. The van der Waals surface area contributed by atoms with Gasteiger partial charge in [0, 0.05) is 36.6 Å². The van der Waals surface area contributed by atoms with Gasteiger partial charge in [0.05, 0.1) is 5.02 Å². The minimum atomic E-state index is -1.23. The minimum Gasteiger partial charge on any atom is -0.492 e. The number of amides is 1. The van der Waals surface area contributed by atoms with E-state index in [2.05, 4.69) is 9.97 Å². The molecular formula is C23H19ClFN3O4. The van der Waals surface area contributed by atoms with Gasteiger partial charge in [-0.3, -0.25) is 9.59 Å². The molecule has 2 heterocycles. The molecule has 1 unspecified atom stereocenters. The number of aliphatic carboxylic acids is 1. The summed E-state index contributed by atoms with van der Waals surface area (Å²) < 4.78 is 18.9. The smallest absolute Gasteiger partial charge is 0.315 e. The van der Waals surface area contributed by atoms with Crippen LogP contribution in [-0.2, 0) is 4.79 Å². The SMILES string of the molecule is O=C(c1ccc(F)cc1)N1CCC(COc2ccc(-c3ncc(Cl)cn3)cc2)(C(=O)O)C1. The number of carbonyl (C=O) groups is 2. The summed E-state index contributed by atoms with van der Waals surface area (Å²) in [5.41, 5.74) is -0.152. The van der Waals surface area contributed by atoms with Gasteiger partial charge in [-0.05, 0) is 55.0 Å². The number of nitrogens with zero attached hydrogens (tertiary/aromatic N) is 3. The summed E-state index contributed by atoms with van der Waals surface area (Å²) in [6.07, 6.45) is 3.26. The highest BCUT2D eigenvalue weighted by atomic mass is 35.5. The molecule has 1 amide bonds. The fourth-order valence-corrected chi connectivity index (χ4v) is 3.66. The van der Waals surface area contributed by atoms with E-state index in [0.29, 0.717) is 22.2 Å². The molecule has 1 aromatic heterocycles. The first-order valence-electron chi connectivity index (χ1n) is 9.85. The maximum absolute atomic E-state index is 13.1. The molecule has 0 bridgehead atoms. The van der Waals surface area contributed by atoms with E-state index in [1.54, 1.807) is 24.3 Å². The van der Waals surface area contributed by atoms with E-state index in [1.807, 2.05) is 0 Å². The number of halogens is 2. The number of aromatic nitrogens is 2. The summed E-state index contributed by atoms with van der Waals surface area (Å²) in [7, 11) is 0. The Kier molecular flexibility index (Phi) is 6.05. The van der Waals surface area contributed by atoms with Gasteiger partial charge in [0.25, 0.3) is 5.91 Å². The van der Waals surface area contributed by atoms with Crippen LogP contribution in [-0.4, -0.2) is 51.5 Å². The fourth-order valence-electron chi connectivity index (χ4n) is 3.56. The van der Waals surface area contributed by atoms with Crippen molar-refractivity contribution in [1.82, 2.24) is 14.9 Å². The standard InChI is InChI=1S/C23H19ClFN3O4/c24-17-11-26-20(27-12-17)15-3-7-19(8-4-15)32-14-23(22(30)31)9-10-28(13-23)21(29)16-1-5-18(25)6-2-16/h1-8,11-12H,9-10,13-14H2,(H,30,31). The van der Waals surface area contributed by atoms with Gasteiger partial charge >= 0.3 is 5.97 Å². The van der Waals surface area contributed by atoms with E-state index in [1.165, 1.54) is 41.6 Å². The van der Waals surface area contributed by atoms with Gasteiger partial charge in [-0.15, -0.1) is 0 Å². The Labute approximate surface area is 188 Å². The summed E-state index contributed by atoms with van der Waals surface area (Å²) in [6.45, 7) is 0.195. The number of carboxylic acid groups (broad SMARTS) is 1. The van der Waals surface area contributed by atoms with E-state index in [0.717, 1.165) is 5.56 Å². The number of likely N-dealkylation sites (tertiary alicyclic amines) is 1. The molecule has 0 aliphatic carbocycles. The number of hydrogen-bond donors (Lipinski definition) is 1. The van der Waals surface area contributed by atoms with Gasteiger partial charge in [0.2, 0.25) is 0 Å². The van der Waals surface area contributed by atoms with Crippen LogP contribution < -0.4 is 4.74 Å². The first kappa shape index (κ1) is 21.7. The molecule has 4 rings (SSSR count).